The van der Waals surface area contributed by atoms with Crippen LogP contribution >= 0.6 is 0 Å². The molecule has 0 bridgehead atoms. The van der Waals surface area contributed by atoms with Crippen LogP contribution in [-0.4, -0.2) is 38.7 Å². The Bertz CT molecular complexity index is 1500. The minimum Gasteiger partial charge on any atom is -0.367 e. The number of halogens is 2. The van der Waals surface area contributed by atoms with Gasteiger partial charge in [0.1, 0.15) is 34.8 Å². The Morgan fingerprint density at radius 3 is 2.51 bits per heavy atom. The van der Waals surface area contributed by atoms with E-state index in [0.29, 0.717) is 41.3 Å². The number of morpholine rings is 1. The molecule has 9 heteroatoms. The van der Waals surface area contributed by atoms with Crippen LogP contribution in [0.2, 0.25) is 0 Å². The van der Waals surface area contributed by atoms with Crippen molar-refractivity contribution in [2.75, 3.05) is 18.0 Å². The topological polar surface area (TPSA) is 73.1 Å². The predicted octanol–water partition coefficient (Wildman–Crippen LogP) is 4.25. The van der Waals surface area contributed by atoms with Gasteiger partial charge in [0.05, 0.1) is 23.0 Å². The molecule has 0 saturated carbocycles. The molecule has 0 spiro atoms. The minimum absolute atomic E-state index is 0.0964. The lowest BCUT2D eigenvalue weighted by molar-refractivity contribution is -0.0179. The summed E-state index contributed by atoms with van der Waals surface area (Å²) < 4.78 is 36.2. The van der Waals surface area contributed by atoms with E-state index >= 15 is 0 Å². The van der Waals surface area contributed by atoms with E-state index in [4.69, 9.17) is 9.72 Å². The molecule has 4 aromatic rings. The lowest BCUT2D eigenvalue weighted by Gasteiger charge is -2.38. The Labute approximate surface area is 201 Å². The number of nitrogens with zero attached hydrogens (tertiary/aromatic N) is 5. The van der Waals surface area contributed by atoms with Crippen LogP contribution in [-0.2, 0) is 11.8 Å². The molecule has 180 valence electrons. The molecule has 0 aliphatic carbocycles. The Morgan fingerprint density at radius 2 is 1.77 bits per heavy atom. The smallest absolute Gasteiger partial charge is 0.250 e. The highest BCUT2D eigenvalue weighted by Gasteiger charge is 2.29. The number of rotatable bonds is 3. The van der Waals surface area contributed by atoms with Crippen LogP contribution in [0.15, 0.2) is 47.4 Å². The Morgan fingerprint density at radius 1 is 1.00 bits per heavy atom. The van der Waals surface area contributed by atoms with Crippen molar-refractivity contribution in [1.29, 1.82) is 0 Å². The summed E-state index contributed by atoms with van der Waals surface area (Å²) in [6.45, 7) is 6.71. The number of anilines is 1. The van der Waals surface area contributed by atoms with Crippen molar-refractivity contribution in [3.63, 3.8) is 0 Å². The molecule has 0 N–H and O–H groups in total. The second-order valence-corrected chi connectivity index (χ2v) is 8.97. The summed E-state index contributed by atoms with van der Waals surface area (Å²) in [6.07, 6.45) is 1.36. The molecular weight excluding hydrogens is 452 g/mol. The van der Waals surface area contributed by atoms with Crippen LogP contribution in [0.3, 0.4) is 0 Å². The van der Waals surface area contributed by atoms with Crippen LogP contribution in [0.5, 0.6) is 0 Å². The van der Waals surface area contributed by atoms with E-state index in [2.05, 4.69) is 14.9 Å². The summed E-state index contributed by atoms with van der Waals surface area (Å²) in [4.78, 5) is 28.0. The van der Waals surface area contributed by atoms with Crippen molar-refractivity contribution in [2.45, 2.75) is 33.0 Å². The van der Waals surface area contributed by atoms with Gasteiger partial charge in [0.15, 0.2) is 0 Å². The van der Waals surface area contributed by atoms with Gasteiger partial charge in [-0.3, -0.25) is 4.79 Å². The van der Waals surface area contributed by atoms with Gasteiger partial charge in [0.25, 0.3) is 0 Å². The van der Waals surface area contributed by atoms with Crippen LogP contribution in [0.25, 0.3) is 22.3 Å². The van der Waals surface area contributed by atoms with Gasteiger partial charge in [-0.15, -0.1) is 0 Å². The zero-order valence-corrected chi connectivity index (χ0v) is 19.9. The first kappa shape index (κ1) is 23.0. The molecule has 5 rings (SSSR count). The first-order valence-electron chi connectivity index (χ1n) is 11.4. The number of hydrogen-bond donors (Lipinski definition) is 0. The van der Waals surface area contributed by atoms with Gasteiger partial charge in [0, 0.05) is 50.1 Å². The molecule has 1 fully saturated rings. The average molecular weight is 478 g/mol. The number of pyridine rings is 2. The third-order valence-electron chi connectivity index (χ3n) is 6.30. The van der Waals surface area contributed by atoms with Crippen LogP contribution in [0, 0.1) is 25.5 Å². The summed E-state index contributed by atoms with van der Waals surface area (Å²) in [6, 6.07) is 8.56. The van der Waals surface area contributed by atoms with E-state index in [1.54, 1.807) is 19.3 Å². The second kappa shape index (κ2) is 8.81. The number of hydrogen-bond acceptors (Lipinski definition) is 6. The molecule has 7 nitrogen and oxygen atoms in total. The van der Waals surface area contributed by atoms with E-state index in [-0.39, 0.29) is 23.3 Å². The van der Waals surface area contributed by atoms with Crippen molar-refractivity contribution >= 4 is 16.9 Å². The highest BCUT2D eigenvalue weighted by molar-refractivity contribution is 5.91. The van der Waals surface area contributed by atoms with Gasteiger partial charge in [-0.2, -0.15) is 0 Å². The summed E-state index contributed by atoms with van der Waals surface area (Å²) in [5, 5.41) is 0. The van der Waals surface area contributed by atoms with E-state index in [1.807, 2.05) is 26.8 Å². The van der Waals surface area contributed by atoms with Crippen LogP contribution < -0.4 is 10.5 Å². The fourth-order valence-corrected chi connectivity index (χ4v) is 4.38. The zero-order chi connectivity index (χ0) is 24.9. The highest BCUT2D eigenvalue weighted by atomic mass is 19.1. The summed E-state index contributed by atoms with van der Waals surface area (Å²) in [7, 11) is 1.70. The SMILES string of the molecule is Cc1nc2cc(N3C[C@@H](C)O[C@@H](c4ccc(=O)n(C)c4)C3)nc(-c3ccc(F)cc3F)c2nc1C. The fraction of sp³-hybridized carbons (Fsp3) is 0.308. The van der Waals surface area contributed by atoms with Gasteiger partial charge in [0.2, 0.25) is 5.56 Å². The number of ether oxygens (including phenoxy) is 1. The number of fused-ring (bicyclic) bond motifs is 1. The molecule has 1 saturated heterocycles. The van der Waals surface area contributed by atoms with Gasteiger partial charge >= 0.3 is 0 Å². The van der Waals surface area contributed by atoms with Crippen molar-refractivity contribution in [2.24, 2.45) is 7.05 Å². The van der Waals surface area contributed by atoms with E-state index < -0.39 is 11.6 Å². The maximum absolute atomic E-state index is 14.8. The van der Waals surface area contributed by atoms with Gasteiger partial charge in [-0.1, -0.05) is 0 Å². The van der Waals surface area contributed by atoms with E-state index in [9.17, 15) is 13.6 Å². The largest absolute Gasteiger partial charge is 0.367 e. The molecule has 35 heavy (non-hydrogen) atoms. The van der Waals surface area contributed by atoms with Crippen molar-refractivity contribution in [3.05, 3.63) is 81.5 Å². The monoisotopic (exact) mass is 477 g/mol. The van der Waals surface area contributed by atoms with Crippen LogP contribution in [0.4, 0.5) is 14.6 Å². The normalized spacial score (nSPS) is 18.3. The third-order valence-corrected chi connectivity index (χ3v) is 6.30. The molecule has 4 heterocycles. The molecule has 1 aliphatic rings. The molecule has 1 aromatic carbocycles. The van der Waals surface area contributed by atoms with Crippen molar-refractivity contribution in [1.82, 2.24) is 19.5 Å². The highest BCUT2D eigenvalue weighted by Crippen LogP contribution is 2.33. The number of benzene rings is 1. The van der Waals surface area contributed by atoms with Crippen molar-refractivity contribution < 1.29 is 13.5 Å². The Kier molecular flexibility index (Phi) is 5.80. The molecule has 3 aromatic heterocycles. The van der Waals surface area contributed by atoms with Crippen LogP contribution in [0.1, 0.15) is 30.0 Å². The molecule has 1 aliphatic heterocycles. The molecule has 2 atom stereocenters. The average Bonchev–Trinajstić information content (AvgIpc) is 2.81. The van der Waals surface area contributed by atoms with Gasteiger partial charge < -0.3 is 14.2 Å². The summed E-state index contributed by atoms with van der Waals surface area (Å²) in [5.41, 5.74) is 3.76. The molecule has 0 unspecified atom stereocenters. The van der Waals surface area contributed by atoms with E-state index in [0.717, 1.165) is 17.3 Å². The van der Waals surface area contributed by atoms with Crippen molar-refractivity contribution in [3.8, 4) is 11.3 Å². The fourth-order valence-electron chi connectivity index (χ4n) is 4.38. The van der Waals surface area contributed by atoms with Gasteiger partial charge in [-0.05, 0) is 44.5 Å². The predicted molar refractivity (Wildman–Crippen MR) is 129 cm³/mol. The summed E-state index contributed by atoms with van der Waals surface area (Å²) in [5.74, 6) is -0.778. The molecular formula is C26H25F2N5O2. The lowest BCUT2D eigenvalue weighted by Crippen LogP contribution is -2.43. The lowest BCUT2D eigenvalue weighted by atomic mass is 10.1. The zero-order valence-electron chi connectivity index (χ0n) is 19.9. The third kappa shape index (κ3) is 4.39. The Hall–Kier alpha value is -3.72. The van der Waals surface area contributed by atoms with Gasteiger partial charge in [-0.25, -0.2) is 23.7 Å². The molecule has 0 radical (unpaired) electrons. The maximum Gasteiger partial charge on any atom is 0.250 e. The number of aryl methyl sites for hydroxylation is 3. The molecule has 0 amide bonds. The quantitative estimate of drug-likeness (QED) is 0.439. The standard InChI is InChI=1S/C26H25F2N5O2/c1-14-11-33(13-22(35-14)17-5-8-24(34)32(4)12-17)23-10-21-26(30-16(3)15(2)29-21)25(31-23)19-7-6-18(27)9-20(19)28/h5-10,12,14,22H,11,13H2,1-4H3/t14-,22-/m1/s1. The summed E-state index contributed by atoms with van der Waals surface area (Å²) >= 11 is 0. The number of aromatic nitrogens is 4. The minimum atomic E-state index is -0.714. The van der Waals surface area contributed by atoms with E-state index in [1.165, 1.54) is 22.8 Å². The first-order valence-corrected chi connectivity index (χ1v) is 11.4. The Balaban J connectivity index is 1.63. The first-order chi connectivity index (χ1) is 16.7. The second-order valence-electron chi connectivity index (χ2n) is 8.97. The maximum atomic E-state index is 14.8.